The Morgan fingerprint density at radius 2 is 2.05 bits per heavy atom. The minimum Gasteiger partial charge on any atom is -0.481 e. The Labute approximate surface area is 107 Å². The van der Waals surface area contributed by atoms with Crippen LogP contribution in [0.15, 0.2) is 30.7 Å². The summed E-state index contributed by atoms with van der Waals surface area (Å²) in [6.45, 7) is 0. The molecule has 0 spiro atoms. The second-order valence-electron chi connectivity index (χ2n) is 3.92. The number of carboxylic acids is 1. The predicted octanol–water partition coefficient (Wildman–Crippen LogP) is 2.44. The van der Waals surface area contributed by atoms with Crippen molar-refractivity contribution in [3.05, 3.63) is 47.9 Å². The number of hydrogen-bond donors (Lipinski definition) is 1. The van der Waals surface area contributed by atoms with Crippen LogP contribution in [0.2, 0.25) is 0 Å². The molecule has 0 bridgehead atoms. The van der Waals surface area contributed by atoms with Crippen LogP contribution in [-0.4, -0.2) is 21.0 Å². The van der Waals surface area contributed by atoms with E-state index in [2.05, 4.69) is 9.97 Å². The lowest BCUT2D eigenvalue weighted by atomic mass is 10.0. The Morgan fingerprint density at radius 3 is 2.74 bits per heavy atom. The number of carbonyl (C=O) groups is 1. The number of benzene rings is 1. The Balaban J connectivity index is 2.38. The summed E-state index contributed by atoms with van der Waals surface area (Å²) < 4.78 is 26.1. The first-order valence-corrected chi connectivity index (χ1v) is 5.54. The zero-order valence-electron chi connectivity index (χ0n) is 9.81. The van der Waals surface area contributed by atoms with Crippen LogP contribution in [0.4, 0.5) is 8.78 Å². The summed E-state index contributed by atoms with van der Waals surface area (Å²) in [5.41, 5.74) is 1.38. The third kappa shape index (κ3) is 3.09. The molecule has 1 aromatic heterocycles. The first-order chi connectivity index (χ1) is 9.08. The minimum absolute atomic E-state index is 0.0793. The van der Waals surface area contributed by atoms with Crippen LogP contribution in [0.1, 0.15) is 12.0 Å². The van der Waals surface area contributed by atoms with Gasteiger partial charge in [-0.05, 0) is 30.2 Å². The Kier molecular flexibility index (Phi) is 3.79. The van der Waals surface area contributed by atoms with Gasteiger partial charge in [0.15, 0.2) is 11.6 Å². The van der Waals surface area contributed by atoms with Crippen molar-refractivity contribution in [3.8, 4) is 11.3 Å². The topological polar surface area (TPSA) is 63.1 Å². The standard InChI is InChI=1S/C13H10F2N2O2/c14-10-3-1-8(5-11(10)15)13-9(2-4-12(18)19)6-16-7-17-13/h1,3,5-7H,2,4H2,(H,18,19). The molecule has 2 aromatic rings. The number of halogens is 2. The first-order valence-electron chi connectivity index (χ1n) is 5.54. The molecule has 1 aromatic carbocycles. The Morgan fingerprint density at radius 1 is 1.26 bits per heavy atom. The molecule has 1 heterocycles. The van der Waals surface area contributed by atoms with Gasteiger partial charge in [0, 0.05) is 18.2 Å². The Bertz CT molecular complexity index is 617. The lowest BCUT2D eigenvalue weighted by molar-refractivity contribution is -0.136. The third-order valence-corrected chi connectivity index (χ3v) is 2.59. The lowest BCUT2D eigenvalue weighted by Crippen LogP contribution is -2.01. The molecule has 0 saturated carbocycles. The van der Waals surface area contributed by atoms with Gasteiger partial charge in [0.1, 0.15) is 6.33 Å². The molecule has 0 aliphatic carbocycles. The summed E-state index contributed by atoms with van der Waals surface area (Å²) in [6, 6.07) is 3.43. The van der Waals surface area contributed by atoms with Gasteiger partial charge in [-0.15, -0.1) is 0 Å². The highest BCUT2D eigenvalue weighted by Crippen LogP contribution is 2.23. The van der Waals surface area contributed by atoms with Gasteiger partial charge in [0.2, 0.25) is 0 Å². The molecule has 0 aliphatic heterocycles. The maximum atomic E-state index is 13.2. The van der Waals surface area contributed by atoms with Gasteiger partial charge in [-0.2, -0.15) is 0 Å². The zero-order chi connectivity index (χ0) is 13.8. The average molecular weight is 264 g/mol. The molecule has 0 aliphatic rings. The number of rotatable bonds is 4. The maximum Gasteiger partial charge on any atom is 0.303 e. The highest BCUT2D eigenvalue weighted by atomic mass is 19.2. The lowest BCUT2D eigenvalue weighted by Gasteiger charge is -2.07. The second kappa shape index (κ2) is 5.51. The van der Waals surface area contributed by atoms with Crippen molar-refractivity contribution in [2.45, 2.75) is 12.8 Å². The van der Waals surface area contributed by atoms with Crippen LogP contribution in [0, 0.1) is 11.6 Å². The van der Waals surface area contributed by atoms with E-state index in [-0.39, 0.29) is 12.8 Å². The molecular weight excluding hydrogens is 254 g/mol. The third-order valence-electron chi connectivity index (χ3n) is 2.59. The van der Waals surface area contributed by atoms with Crippen LogP contribution >= 0.6 is 0 Å². The van der Waals surface area contributed by atoms with Crippen molar-refractivity contribution in [1.29, 1.82) is 0 Å². The van der Waals surface area contributed by atoms with E-state index in [1.165, 1.54) is 18.6 Å². The summed E-state index contributed by atoms with van der Waals surface area (Å²) in [5.74, 6) is -2.86. The fraction of sp³-hybridized carbons (Fsp3) is 0.154. The number of aromatic nitrogens is 2. The fourth-order valence-electron chi connectivity index (χ4n) is 1.69. The van der Waals surface area contributed by atoms with Crippen molar-refractivity contribution < 1.29 is 18.7 Å². The van der Waals surface area contributed by atoms with Crippen molar-refractivity contribution in [3.63, 3.8) is 0 Å². The number of carboxylic acid groups (broad SMARTS) is 1. The SMILES string of the molecule is O=C(O)CCc1cncnc1-c1ccc(F)c(F)c1. The van der Waals surface area contributed by atoms with E-state index in [1.807, 2.05) is 0 Å². The largest absolute Gasteiger partial charge is 0.481 e. The smallest absolute Gasteiger partial charge is 0.303 e. The van der Waals surface area contributed by atoms with E-state index in [1.54, 1.807) is 0 Å². The van der Waals surface area contributed by atoms with Gasteiger partial charge in [-0.25, -0.2) is 18.7 Å². The summed E-state index contributed by atoms with van der Waals surface area (Å²) in [4.78, 5) is 18.4. The molecule has 0 unspecified atom stereocenters. The summed E-state index contributed by atoms with van der Waals surface area (Å²) in [7, 11) is 0. The molecular formula is C13H10F2N2O2. The van der Waals surface area contributed by atoms with Crippen molar-refractivity contribution in [2.75, 3.05) is 0 Å². The molecule has 0 amide bonds. The number of nitrogens with zero attached hydrogens (tertiary/aromatic N) is 2. The highest BCUT2D eigenvalue weighted by molar-refractivity contribution is 5.68. The number of aliphatic carboxylic acids is 1. The highest BCUT2D eigenvalue weighted by Gasteiger charge is 2.11. The molecule has 2 rings (SSSR count). The van der Waals surface area contributed by atoms with Crippen LogP contribution in [-0.2, 0) is 11.2 Å². The molecule has 19 heavy (non-hydrogen) atoms. The van der Waals surface area contributed by atoms with E-state index in [4.69, 9.17) is 5.11 Å². The molecule has 0 fully saturated rings. The van der Waals surface area contributed by atoms with Crippen molar-refractivity contribution in [1.82, 2.24) is 9.97 Å². The van der Waals surface area contributed by atoms with Crippen LogP contribution < -0.4 is 0 Å². The predicted molar refractivity (Wildman–Crippen MR) is 63.3 cm³/mol. The van der Waals surface area contributed by atoms with E-state index in [0.29, 0.717) is 16.8 Å². The van der Waals surface area contributed by atoms with Gasteiger partial charge < -0.3 is 5.11 Å². The zero-order valence-corrected chi connectivity index (χ0v) is 9.81. The normalized spacial score (nSPS) is 10.4. The van der Waals surface area contributed by atoms with Crippen LogP contribution in [0.3, 0.4) is 0 Å². The Hall–Kier alpha value is -2.37. The first kappa shape index (κ1) is 13.1. The molecule has 98 valence electrons. The van der Waals surface area contributed by atoms with Gasteiger partial charge in [-0.3, -0.25) is 4.79 Å². The van der Waals surface area contributed by atoms with E-state index >= 15 is 0 Å². The second-order valence-corrected chi connectivity index (χ2v) is 3.92. The quantitative estimate of drug-likeness (QED) is 0.921. The molecule has 0 saturated heterocycles. The number of aryl methyl sites for hydroxylation is 1. The fourth-order valence-corrected chi connectivity index (χ4v) is 1.69. The summed E-state index contributed by atoms with van der Waals surface area (Å²) in [5, 5.41) is 8.67. The average Bonchev–Trinajstić information content (AvgIpc) is 2.40. The van der Waals surface area contributed by atoms with Gasteiger partial charge >= 0.3 is 5.97 Å². The molecule has 4 nitrogen and oxygen atoms in total. The summed E-state index contributed by atoms with van der Waals surface area (Å²) in [6.07, 6.45) is 2.90. The minimum atomic E-state index is -0.972. The van der Waals surface area contributed by atoms with E-state index < -0.39 is 17.6 Å². The molecule has 6 heteroatoms. The van der Waals surface area contributed by atoms with Gasteiger partial charge in [-0.1, -0.05) is 0 Å². The van der Waals surface area contributed by atoms with Gasteiger partial charge in [0.25, 0.3) is 0 Å². The van der Waals surface area contributed by atoms with E-state index in [9.17, 15) is 13.6 Å². The molecule has 0 radical (unpaired) electrons. The maximum absolute atomic E-state index is 13.2. The van der Waals surface area contributed by atoms with Crippen molar-refractivity contribution in [2.24, 2.45) is 0 Å². The molecule has 1 N–H and O–H groups in total. The van der Waals surface area contributed by atoms with E-state index in [0.717, 1.165) is 12.1 Å². The van der Waals surface area contributed by atoms with Crippen molar-refractivity contribution >= 4 is 5.97 Å². The summed E-state index contributed by atoms with van der Waals surface area (Å²) >= 11 is 0. The van der Waals surface area contributed by atoms with Gasteiger partial charge in [0.05, 0.1) is 5.69 Å². The monoisotopic (exact) mass is 264 g/mol. The molecule has 0 atom stereocenters. The van der Waals surface area contributed by atoms with Crippen LogP contribution in [0.25, 0.3) is 11.3 Å². The van der Waals surface area contributed by atoms with Crippen LogP contribution in [0.5, 0.6) is 0 Å². The number of hydrogen-bond acceptors (Lipinski definition) is 3.